The van der Waals surface area contributed by atoms with Gasteiger partial charge < -0.3 is 9.47 Å². The number of rotatable bonds is 5. The Morgan fingerprint density at radius 2 is 1.95 bits per heavy atom. The number of hydrogen-bond donors (Lipinski definition) is 2. The Bertz CT molecular complexity index is 645. The zero-order valence-corrected chi connectivity index (χ0v) is 13.4. The van der Waals surface area contributed by atoms with Crippen LogP contribution in [-0.2, 0) is 14.8 Å². The highest BCUT2D eigenvalue weighted by molar-refractivity contribution is 7.89. The van der Waals surface area contributed by atoms with Crippen LogP contribution < -0.4 is 19.7 Å². The Kier molecular flexibility index (Phi) is 5.25. The van der Waals surface area contributed by atoms with Crippen LogP contribution in [0.5, 0.6) is 11.5 Å². The van der Waals surface area contributed by atoms with Crippen molar-refractivity contribution in [1.82, 2.24) is 10.3 Å². The summed E-state index contributed by atoms with van der Waals surface area (Å²) in [7, 11) is -3.86. The number of carbonyl (C=O) groups is 1. The van der Waals surface area contributed by atoms with Crippen molar-refractivity contribution in [3.05, 3.63) is 18.2 Å². The Hall–Kier alpha value is -1.80. The molecular formula is C14H20N2O5S. The van der Waals surface area contributed by atoms with Gasteiger partial charge in [0, 0.05) is 18.4 Å². The molecule has 0 radical (unpaired) electrons. The molecular weight excluding hydrogens is 308 g/mol. The number of amides is 1. The lowest BCUT2D eigenvalue weighted by Gasteiger charge is -2.13. The van der Waals surface area contributed by atoms with Crippen LogP contribution in [0.15, 0.2) is 23.1 Å². The van der Waals surface area contributed by atoms with Gasteiger partial charge >= 0.3 is 0 Å². The lowest BCUT2D eigenvalue weighted by molar-refractivity contribution is -0.125. The van der Waals surface area contributed by atoms with E-state index in [0.29, 0.717) is 31.1 Å². The summed E-state index contributed by atoms with van der Waals surface area (Å²) in [5.74, 6) is 0.251. The number of carbonyl (C=O) groups excluding carboxylic acids is 1. The average molecular weight is 328 g/mol. The van der Waals surface area contributed by atoms with E-state index < -0.39 is 10.0 Å². The van der Waals surface area contributed by atoms with Crippen molar-refractivity contribution in [3.8, 4) is 11.5 Å². The second-order valence-electron chi connectivity index (χ2n) is 5.06. The van der Waals surface area contributed by atoms with Gasteiger partial charge in [0.25, 0.3) is 10.0 Å². The highest BCUT2D eigenvalue weighted by Gasteiger charge is 2.20. The van der Waals surface area contributed by atoms with Crippen LogP contribution in [0.4, 0.5) is 0 Å². The molecule has 1 aliphatic rings. The van der Waals surface area contributed by atoms with Crippen molar-refractivity contribution in [1.29, 1.82) is 0 Å². The summed E-state index contributed by atoms with van der Waals surface area (Å²) in [5.41, 5.74) is 2.22. The second kappa shape index (κ2) is 6.97. The Labute approximate surface area is 130 Å². The molecule has 0 aromatic heterocycles. The molecule has 0 bridgehead atoms. The summed E-state index contributed by atoms with van der Waals surface area (Å²) in [4.78, 5) is 13.7. The third-order valence-corrected chi connectivity index (χ3v) is 4.64. The molecule has 1 amide bonds. The predicted molar refractivity (Wildman–Crippen MR) is 80.0 cm³/mol. The minimum Gasteiger partial charge on any atom is -0.490 e. The van der Waals surface area contributed by atoms with E-state index in [0.717, 1.165) is 6.42 Å². The normalized spacial score (nSPS) is 15.7. The molecule has 0 aliphatic carbocycles. The lowest BCUT2D eigenvalue weighted by Crippen LogP contribution is -2.43. The van der Waals surface area contributed by atoms with E-state index in [2.05, 4.69) is 10.3 Å². The fraction of sp³-hybridized carbons (Fsp3) is 0.500. The third kappa shape index (κ3) is 3.89. The number of hydrogen-bond acceptors (Lipinski definition) is 5. The van der Waals surface area contributed by atoms with E-state index in [4.69, 9.17) is 9.47 Å². The molecule has 7 nitrogen and oxygen atoms in total. The summed E-state index contributed by atoms with van der Waals surface area (Å²) in [6, 6.07) is 4.34. The van der Waals surface area contributed by atoms with Crippen LogP contribution in [0.2, 0.25) is 0 Å². The van der Waals surface area contributed by atoms with Gasteiger partial charge in [0.15, 0.2) is 11.5 Å². The molecule has 1 heterocycles. The third-order valence-electron chi connectivity index (χ3n) is 3.40. The number of ether oxygens (including phenoxy) is 2. The molecule has 0 saturated heterocycles. The topological polar surface area (TPSA) is 93.7 Å². The molecule has 1 aromatic carbocycles. The summed E-state index contributed by atoms with van der Waals surface area (Å²) >= 11 is 0. The smallest absolute Gasteiger partial charge is 0.257 e. The monoisotopic (exact) mass is 328 g/mol. The summed E-state index contributed by atoms with van der Waals surface area (Å²) < 4.78 is 35.3. The van der Waals surface area contributed by atoms with Gasteiger partial charge in [-0.2, -0.15) is 0 Å². The number of nitrogens with one attached hydrogen (secondary N) is 2. The standard InChI is InChI=1S/C14H20N2O5S/c1-3-10(2)14(17)15-16-22(18,19)11-5-6-12-13(9-11)21-8-4-7-20-12/h5-6,9-10,16H,3-4,7-8H2,1-2H3,(H,15,17)/t10-/m1/s1. The molecule has 0 fully saturated rings. The molecule has 1 aromatic rings. The van der Waals surface area contributed by atoms with E-state index in [-0.39, 0.29) is 16.7 Å². The van der Waals surface area contributed by atoms with Crippen molar-refractivity contribution in [3.63, 3.8) is 0 Å². The molecule has 122 valence electrons. The van der Waals surface area contributed by atoms with Gasteiger partial charge in [-0.05, 0) is 18.6 Å². The number of hydrazine groups is 1. The van der Waals surface area contributed by atoms with E-state index in [1.54, 1.807) is 13.0 Å². The minimum atomic E-state index is -3.86. The highest BCUT2D eigenvalue weighted by atomic mass is 32.2. The maximum Gasteiger partial charge on any atom is 0.257 e. The lowest BCUT2D eigenvalue weighted by atomic mass is 10.1. The van der Waals surface area contributed by atoms with Gasteiger partial charge in [-0.1, -0.05) is 13.8 Å². The van der Waals surface area contributed by atoms with Crippen LogP contribution in [-0.4, -0.2) is 27.5 Å². The number of fused-ring (bicyclic) bond motifs is 1. The maximum atomic E-state index is 12.2. The molecule has 8 heteroatoms. The van der Waals surface area contributed by atoms with Crippen LogP contribution in [0.25, 0.3) is 0 Å². The van der Waals surface area contributed by atoms with Gasteiger partial charge in [0.05, 0.1) is 18.1 Å². The summed E-state index contributed by atoms with van der Waals surface area (Å²) in [6.45, 7) is 4.57. The second-order valence-corrected chi connectivity index (χ2v) is 6.75. The molecule has 0 saturated carbocycles. The van der Waals surface area contributed by atoms with Gasteiger partial charge in [0.1, 0.15) is 0 Å². The molecule has 2 N–H and O–H groups in total. The molecule has 0 unspecified atom stereocenters. The SMILES string of the molecule is CC[C@@H](C)C(=O)NNS(=O)(=O)c1ccc2c(c1)OCCCO2. The van der Waals surface area contributed by atoms with Crippen LogP contribution in [0.1, 0.15) is 26.7 Å². The van der Waals surface area contributed by atoms with Crippen LogP contribution in [0.3, 0.4) is 0 Å². The first-order valence-electron chi connectivity index (χ1n) is 7.15. The molecule has 1 atom stereocenters. The van der Waals surface area contributed by atoms with Crippen molar-refractivity contribution in [2.45, 2.75) is 31.6 Å². The molecule has 0 spiro atoms. The number of sulfonamides is 1. The highest BCUT2D eigenvalue weighted by Crippen LogP contribution is 2.31. The minimum absolute atomic E-state index is 0.00111. The first kappa shape index (κ1) is 16.6. The Morgan fingerprint density at radius 3 is 2.64 bits per heavy atom. The Morgan fingerprint density at radius 1 is 1.27 bits per heavy atom. The maximum absolute atomic E-state index is 12.2. The fourth-order valence-electron chi connectivity index (χ4n) is 1.80. The zero-order valence-electron chi connectivity index (χ0n) is 12.6. The average Bonchev–Trinajstić information content (AvgIpc) is 2.76. The largest absolute Gasteiger partial charge is 0.490 e. The number of benzene rings is 1. The van der Waals surface area contributed by atoms with Gasteiger partial charge in [-0.25, -0.2) is 8.42 Å². The molecule has 22 heavy (non-hydrogen) atoms. The Balaban J connectivity index is 2.12. The van der Waals surface area contributed by atoms with Gasteiger partial charge in [-0.3, -0.25) is 10.2 Å². The predicted octanol–water partition coefficient (Wildman–Crippen LogP) is 1.20. The quantitative estimate of drug-likeness (QED) is 0.792. The zero-order chi connectivity index (χ0) is 16.2. The fourth-order valence-corrected chi connectivity index (χ4v) is 2.66. The van der Waals surface area contributed by atoms with E-state index >= 15 is 0 Å². The van der Waals surface area contributed by atoms with Gasteiger partial charge in [0.2, 0.25) is 5.91 Å². The van der Waals surface area contributed by atoms with Crippen molar-refractivity contribution in [2.75, 3.05) is 13.2 Å². The molecule has 1 aliphatic heterocycles. The molecule has 2 rings (SSSR count). The van der Waals surface area contributed by atoms with Crippen LogP contribution in [0, 0.1) is 5.92 Å². The van der Waals surface area contributed by atoms with Crippen molar-refractivity contribution >= 4 is 15.9 Å². The van der Waals surface area contributed by atoms with E-state index in [9.17, 15) is 13.2 Å². The van der Waals surface area contributed by atoms with E-state index in [1.165, 1.54) is 12.1 Å². The van der Waals surface area contributed by atoms with E-state index in [1.807, 2.05) is 6.92 Å². The first-order valence-corrected chi connectivity index (χ1v) is 8.63. The summed E-state index contributed by atoms with van der Waals surface area (Å²) in [5, 5.41) is 0. The van der Waals surface area contributed by atoms with Gasteiger partial charge in [-0.15, -0.1) is 4.83 Å². The summed E-state index contributed by atoms with van der Waals surface area (Å²) in [6.07, 6.45) is 1.36. The van der Waals surface area contributed by atoms with Crippen molar-refractivity contribution < 1.29 is 22.7 Å². The van der Waals surface area contributed by atoms with Crippen molar-refractivity contribution in [2.24, 2.45) is 5.92 Å². The first-order chi connectivity index (χ1) is 10.4. The van der Waals surface area contributed by atoms with Crippen LogP contribution >= 0.6 is 0 Å².